The quantitative estimate of drug-likeness (QED) is 0.281. The van der Waals surface area contributed by atoms with E-state index in [1.165, 1.54) is 0 Å². The monoisotopic (exact) mass is 618 g/mol. The number of hydrogen-bond donors (Lipinski definition) is 1. The van der Waals surface area contributed by atoms with Crippen molar-refractivity contribution in [1.82, 2.24) is 0 Å². The molecule has 7 nitrogen and oxygen atoms in total. The van der Waals surface area contributed by atoms with Crippen molar-refractivity contribution in [3.8, 4) is 11.5 Å². The van der Waals surface area contributed by atoms with Crippen molar-refractivity contribution in [3.05, 3.63) is 124 Å². The molecule has 4 aromatic carbocycles. The standard InChI is InChI=1S/C34H23BrN2O5/c35-22-13-9-20(10-14-22)31(39)32-34(23-6-2-3-7-24(23)36-33(34)40)29(26-15-11-19-5-1-4-8-25(19)37(26)32)30(38)21-12-16-27-28(17-21)42-18-41-27/h1-17,26,29,32H,18H2,(H,36,40). The van der Waals surface area contributed by atoms with Crippen molar-refractivity contribution in [1.29, 1.82) is 0 Å². The average Bonchev–Trinajstić information content (AvgIpc) is 3.69. The summed E-state index contributed by atoms with van der Waals surface area (Å²) in [7, 11) is 0. The predicted octanol–water partition coefficient (Wildman–Crippen LogP) is 6.03. The van der Waals surface area contributed by atoms with Crippen LogP contribution in [0, 0.1) is 5.92 Å². The third kappa shape index (κ3) is 3.35. The van der Waals surface area contributed by atoms with Crippen molar-refractivity contribution >= 4 is 50.9 Å². The Balaban J connectivity index is 1.41. The molecule has 4 atom stereocenters. The van der Waals surface area contributed by atoms with E-state index >= 15 is 0 Å². The van der Waals surface area contributed by atoms with Gasteiger partial charge in [-0.1, -0.05) is 76.6 Å². The highest BCUT2D eigenvalue weighted by atomic mass is 79.9. The summed E-state index contributed by atoms with van der Waals surface area (Å²) in [5, 5.41) is 3.04. The van der Waals surface area contributed by atoms with E-state index in [1.807, 2.05) is 77.7 Å². The van der Waals surface area contributed by atoms with Crippen LogP contribution in [-0.2, 0) is 10.2 Å². The van der Waals surface area contributed by atoms with Crippen LogP contribution < -0.4 is 19.7 Å². The second kappa shape index (κ2) is 9.16. The molecule has 4 aliphatic rings. The topological polar surface area (TPSA) is 84.9 Å². The minimum Gasteiger partial charge on any atom is -0.454 e. The summed E-state index contributed by atoms with van der Waals surface area (Å²) in [6.45, 7) is 0.0792. The lowest BCUT2D eigenvalue weighted by Gasteiger charge is -2.37. The number of benzene rings is 4. The first-order valence-electron chi connectivity index (χ1n) is 13.7. The molecule has 4 unspecified atom stereocenters. The van der Waals surface area contributed by atoms with E-state index < -0.39 is 23.4 Å². The Morgan fingerprint density at radius 2 is 1.60 bits per heavy atom. The highest BCUT2D eigenvalue weighted by Gasteiger charge is 2.71. The van der Waals surface area contributed by atoms with Gasteiger partial charge in [0, 0.05) is 27.0 Å². The fraction of sp³-hybridized carbons (Fsp3) is 0.147. The van der Waals surface area contributed by atoms with Crippen LogP contribution in [0.15, 0.2) is 102 Å². The molecule has 0 saturated carbocycles. The molecule has 0 bridgehead atoms. The van der Waals surface area contributed by atoms with Gasteiger partial charge >= 0.3 is 0 Å². The van der Waals surface area contributed by atoms with E-state index in [2.05, 4.69) is 21.2 Å². The highest BCUT2D eigenvalue weighted by molar-refractivity contribution is 9.10. The molecule has 42 heavy (non-hydrogen) atoms. The van der Waals surface area contributed by atoms with Gasteiger partial charge < -0.3 is 19.7 Å². The summed E-state index contributed by atoms with van der Waals surface area (Å²) in [4.78, 5) is 46.1. The minimum atomic E-state index is -1.51. The molecule has 1 N–H and O–H groups in total. The Morgan fingerprint density at radius 3 is 2.45 bits per heavy atom. The molecule has 8 heteroatoms. The fourth-order valence-corrected chi connectivity index (χ4v) is 7.40. The van der Waals surface area contributed by atoms with E-state index in [4.69, 9.17) is 9.47 Å². The molecule has 0 aliphatic carbocycles. The maximum absolute atomic E-state index is 14.8. The normalized spacial score (nSPS) is 24.3. The van der Waals surface area contributed by atoms with Gasteiger partial charge in [-0.15, -0.1) is 0 Å². The third-order valence-electron chi connectivity index (χ3n) is 8.86. The SMILES string of the molecule is O=C(c1ccc2c(c1)OCO2)C1C2C=Cc3ccccc3N2C(C(=O)c2ccc(Br)cc2)C12C(=O)Nc1ccccc12. The molecule has 4 aliphatic heterocycles. The zero-order valence-corrected chi connectivity index (χ0v) is 23.7. The zero-order valence-electron chi connectivity index (χ0n) is 22.1. The molecule has 1 spiro atoms. The van der Waals surface area contributed by atoms with Crippen LogP contribution in [0.4, 0.5) is 11.4 Å². The minimum absolute atomic E-state index is 0.0792. The van der Waals surface area contributed by atoms with Crippen molar-refractivity contribution in [3.63, 3.8) is 0 Å². The molecule has 1 fully saturated rings. The lowest BCUT2D eigenvalue weighted by Crippen LogP contribution is -2.55. The van der Waals surface area contributed by atoms with Gasteiger partial charge in [0.05, 0.1) is 12.0 Å². The van der Waals surface area contributed by atoms with E-state index in [9.17, 15) is 14.4 Å². The van der Waals surface area contributed by atoms with Gasteiger partial charge in [-0.2, -0.15) is 0 Å². The number of Topliss-reactive ketones (excluding diaryl/α,β-unsaturated/α-hetero) is 2. The lowest BCUT2D eigenvalue weighted by atomic mass is 9.63. The van der Waals surface area contributed by atoms with Gasteiger partial charge in [0.1, 0.15) is 11.5 Å². The molecule has 1 saturated heterocycles. The maximum atomic E-state index is 14.8. The molecule has 8 rings (SSSR count). The predicted molar refractivity (Wildman–Crippen MR) is 161 cm³/mol. The molecule has 0 radical (unpaired) electrons. The number of para-hydroxylation sites is 2. The molecule has 1 amide bonds. The summed E-state index contributed by atoms with van der Waals surface area (Å²) in [5.74, 6) is -0.717. The van der Waals surface area contributed by atoms with Crippen molar-refractivity contribution in [2.45, 2.75) is 17.5 Å². The smallest absolute Gasteiger partial charge is 0.238 e. The van der Waals surface area contributed by atoms with Crippen LogP contribution >= 0.6 is 15.9 Å². The Labute approximate surface area is 249 Å². The molecule has 4 heterocycles. The average molecular weight is 619 g/mol. The second-order valence-electron chi connectivity index (χ2n) is 10.9. The Morgan fingerprint density at radius 1 is 0.857 bits per heavy atom. The highest BCUT2D eigenvalue weighted by Crippen LogP contribution is 2.58. The number of fused-ring (bicyclic) bond motifs is 6. The number of rotatable bonds is 4. The second-order valence-corrected chi connectivity index (χ2v) is 11.8. The number of amides is 1. The molecule has 0 aromatic heterocycles. The first kappa shape index (κ1) is 25.1. The van der Waals surface area contributed by atoms with E-state index in [0.29, 0.717) is 33.9 Å². The number of carbonyl (C=O) groups is 3. The Kier molecular flexibility index (Phi) is 5.46. The number of nitrogens with one attached hydrogen (secondary N) is 1. The van der Waals surface area contributed by atoms with Gasteiger partial charge in [0.25, 0.3) is 0 Å². The molecule has 206 valence electrons. The van der Waals surface area contributed by atoms with Gasteiger partial charge in [-0.3, -0.25) is 14.4 Å². The summed E-state index contributed by atoms with van der Waals surface area (Å²) < 4.78 is 11.9. The van der Waals surface area contributed by atoms with E-state index in [0.717, 1.165) is 15.7 Å². The van der Waals surface area contributed by atoms with Crippen LogP contribution in [0.25, 0.3) is 6.08 Å². The van der Waals surface area contributed by atoms with E-state index in [-0.39, 0.29) is 24.3 Å². The van der Waals surface area contributed by atoms with Gasteiger partial charge in [-0.25, -0.2) is 0 Å². The van der Waals surface area contributed by atoms with Gasteiger partial charge in [-0.05, 0) is 53.6 Å². The summed E-state index contributed by atoms with van der Waals surface area (Å²) in [5.41, 5.74) is 2.31. The number of nitrogens with zero attached hydrogens (tertiary/aromatic N) is 1. The first-order valence-corrected chi connectivity index (χ1v) is 14.5. The summed E-state index contributed by atoms with van der Waals surface area (Å²) in [6, 6.07) is 25.8. The molecule has 4 aromatic rings. The fourth-order valence-electron chi connectivity index (χ4n) is 7.14. The largest absolute Gasteiger partial charge is 0.454 e. The number of anilines is 2. The zero-order chi connectivity index (χ0) is 28.6. The number of hydrogen-bond acceptors (Lipinski definition) is 6. The van der Waals surface area contributed by atoms with Crippen LogP contribution in [0.5, 0.6) is 11.5 Å². The molecular formula is C34H23BrN2O5. The van der Waals surface area contributed by atoms with Crippen molar-refractivity contribution in [2.24, 2.45) is 5.92 Å². The summed E-state index contributed by atoms with van der Waals surface area (Å²) in [6.07, 6.45) is 3.94. The maximum Gasteiger partial charge on any atom is 0.238 e. The number of halogens is 1. The van der Waals surface area contributed by atoms with Crippen LogP contribution in [0.2, 0.25) is 0 Å². The number of carbonyl (C=O) groups excluding carboxylic acids is 3. The lowest BCUT2D eigenvalue weighted by molar-refractivity contribution is -0.121. The first-order chi connectivity index (χ1) is 20.5. The Hall–Kier alpha value is -4.69. The number of ketones is 2. The van der Waals surface area contributed by atoms with Gasteiger partial charge in [0.2, 0.25) is 12.7 Å². The van der Waals surface area contributed by atoms with Crippen molar-refractivity contribution < 1.29 is 23.9 Å². The van der Waals surface area contributed by atoms with Gasteiger partial charge in [0.15, 0.2) is 23.1 Å². The van der Waals surface area contributed by atoms with Crippen molar-refractivity contribution in [2.75, 3.05) is 17.0 Å². The van der Waals surface area contributed by atoms with Crippen LogP contribution in [0.1, 0.15) is 31.8 Å². The third-order valence-corrected chi connectivity index (χ3v) is 9.39. The van der Waals surface area contributed by atoms with E-state index in [1.54, 1.807) is 30.3 Å². The number of ether oxygens (including phenoxy) is 2. The Bertz CT molecular complexity index is 1850. The molecular weight excluding hydrogens is 596 g/mol. The van der Waals surface area contributed by atoms with Crippen LogP contribution in [-0.4, -0.2) is 36.4 Å². The van der Waals surface area contributed by atoms with Crippen LogP contribution in [0.3, 0.4) is 0 Å². The summed E-state index contributed by atoms with van der Waals surface area (Å²) >= 11 is 3.46.